The third-order valence-corrected chi connectivity index (χ3v) is 7.49. The van der Waals surface area contributed by atoms with Crippen molar-refractivity contribution in [1.82, 2.24) is 9.78 Å². The van der Waals surface area contributed by atoms with Gasteiger partial charge in [0, 0.05) is 5.92 Å². The molecule has 148 valence electrons. The molecule has 4 rings (SSSR count). The summed E-state index contributed by atoms with van der Waals surface area (Å²) in [5.74, 6) is 1.46. The molecule has 0 amide bonds. The van der Waals surface area contributed by atoms with Gasteiger partial charge in [-0.15, -0.1) is 0 Å². The van der Waals surface area contributed by atoms with Crippen LogP contribution in [-0.4, -0.2) is 34.8 Å². The molecular weight excluding hydrogens is 378 g/mol. The maximum atomic E-state index is 11.6. The summed E-state index contributed by atoms with van der Waals surface area (Å²) in [6.07, 6.45) is 3.14. The van der Waals surface area contributed by atoms with E-state index in [2.05, 4.69) is 11.2 Å². The first-order chi connectivity index (χ1) is 13.3. The first kappa shape index (κ1) is 19.0. The van der Waals surface area contributed by atoms with Gasteiger partial charge in [0.1, 0.15) is 17.1 Å². The summed E-state index contributed by atoms with van der Waals surface area (Å²) in [7, 11) is -3.01. The van der Waals surface area contributed by atoms with Crippen molar-refractivity contribution in [3.63, 3.8) is 0 Å². The van der Waals surface area contributed by atoms with Gasteiger partial charge in [-0.25, -0.2) is 8.42 Å². The maximum Gasteiger partial charge on any atom is 0.174 e. The fourth-order valence-electron chi connectivity index (χ4n) is 3.94. The van der Waals surface area contributed by atoms with Crippen LogP contribution in [0.2, 0.25) is 0 Å². The maximum absolute atomic E-state index is 11.6. The molecule has 7 nitrogen and oxygen atoms in total. The van der Waals surface area contributed by atoms with Crippen LogP contribution in [-0.2, 0) is 16.4 Å². The Morgan fingerprint density at radius 2 is 1.93 bits per heavy atom. The van der Waals surface area contributed by atoms with Crippen molar-refractivity contribution in [1.29, 1.82) is 5.26 Å². The number of nitrogens with zero attached hydrogens (tertiary/aromatic N) is 3. The number of aliphatic hydroxyl groups excluding tert-OH is 1. The minimum absolute atomic E-state index is 0.0420. The van der Waals surface area contributed by atoms with Crippen molar-refractivity contribution in [2.75, 3.05) is 11.5 Å². The Morgan fingerprint density at radius 1 is 1.29 bits per heavy atom. The topological polar surface area (TPSA) is 105 Å². The quantitative estimate of drug-likeness (QED) is 0.826. The summed E-state index contributed by atoms with van der Waals surface area (Å²) in [6, 6.07) is 5.56. The molecule has 1 N–H and O–H groups in total. The smallest absolute Gasteiger partial charge is 0.174 e. The molecule has 1 aromatic carbocycles. The van der Waals surface area contributed by atoms with Crippen molar-refractivity contribution in [3.8, 4) is 17.6 Å². The van der Waals surface area contributed by atoms with E-state index in [9.17, 15) is 18.8 Å². The van der Waals surface area contributed by atoms with Crippen LogP contribution in [0.1, 0.15) is 59.3 Å². The number of aromatic nitrogens is 2. The zero-order valence-corrected chi connectivity index (χ0v) is 16.8. The van der Waals surface area contributed by atoms with E-state index in [1.165, 1.54) is 0 Å². The minimum atomic E-state index is -3.01. The number of rotatable bonds is 5. The van der Waals surface area contributed by atoms with E-state index < -0.39 is 9.84 Å². The van der Waals surface area contributed by atoms with Gasteiger partial charge in [0.05, 0.1) is 35.8 Å². The van der Waals surface area contributed by atoms with Crippen LogP contribution in [0.25, 0.3) is 0 Å². The highest BCUT2D eigenvalue weighted by atomic mass is 32.2. The second kappa shape index (κ2) is 6.90. The van der Waals surface area contributed by atoms with Gasteiger partial charge in [0.25, 0.3) is 0 Å². The van der Waals surface area contributed by atoms with Crippen LogP contribution in [0.3, 0.4) is 0 Å². The first-order valence-electron chi connectivity index (χ1n) is 9.44. The number of aryl methyl sites for hydroxylation is 2. The Labute approximate surface area is 164 Å². The molecular formula is C20H23N3O4S. The molecule has 2 aliphatic rings. The largest absolute Gasteiger partial charge is 0.453 e. The van der Waals surface area contributed by atoms with Crippen LogP contribution < -0.4 is 4.74 Å². The molecule has 1 aliphatic carbocycles. The summed E-state index contributed by atoms with van der Waals surface area (Å²) in [5.41, 5.74) is 3.58. The third kappa shape index (κ3) is 3.19. The number of benzene rings is 1. The lowest BCUT2D eigenvalue weighted by atomic mass is 9.82. The average Bonchev–Trinajstić information content (AvgIpc) is 2.88. The summed E-state index contributed by atoms with van der Waals surface area (Å²) in [4.78, 5) is 0. The van der Waals surface area contributed by atoms with Crippen molar-refractivity contribution >= 4 is 9.84 Å². The second-order valence-corrected chi connectivity index (χ2v) is 9.92. The Morgan fingerprint density at radius 3 is 2.39 bits per heavy atom. The SMILES string of the molecule is Cc1cc(Oc2c(C3CCC3)nn(C3CS(=O)(=O)C3)c2CO)cc(C)c1C#N. The standard InChI is InChI=1S/C20H23N3O4S/c1-12-6-16(7-13(2)17(12)8-21)27-20-18(9-24)23(15-10-28(25,26)11-15)22-19(20)14-4-3-5-14/h6-7,14-15,24H,3-5,9-11H2,1-2H3. The Kier molecular flexibility index (Phi) is 4.68. The Hall–Kier alpha value is -2.37. The van der Waals surface area contributed by atoms with Crippen LogP contribution >= 0.6 is 0 Å². The van der Waals surface area contributed by atoms with E-state index >= 15 is 0 Å². The molecule has 0 atom stereocenters. The van der Waals surface area contributed by atoms with Gasteiger partial charge in [-0.2, -0.15) is 10.4 Å². The molecule has 1 aliphatic heterocycles. The summed E-state index contributed by atoms with van der Waals surface area (Å²) in [6.45, 7) is 3.45. The van der Waals surface area contributed by atoms with Crippen LogP contribution in [0.15, 0.2) is 12.1 Å². The predicted molar refractivity (Wildman–Crippen MR) is 103 cm³/mol. The average molecular weight is 401 g/mol. The van der Waals surface area contributed by atoms with Crippen molar-refractivity contribution in [3.05, 3.63) is 40.2 Å². The van der Waals surface area contributed by atoms with Crippen LogP contribution in [0, 0.1) is 25.2 Å². The number of nitriles is 1. The highest BCUT2D eigenvalue weighted by molar-refractivity contribution is 7.92. The van der Waals surface area contributed by atoms with Crippen LogP contribution in [0.5, 0.6) is 11.5 Å². The highest BCUT2D eigenvalue weighted by Gasteiger charge is 2.39. The van der Waals surface area contributed by atoms with Gasteiger partial charge in [-0.05, 0) is 49.9 Å². The van der Waals surface area contributed by atoms with Gasteiger partial charge in [-0.3, -0.25) is 4.68 Å². The lowest BCUT2D eigenvalue weighted by Gasteiger charge is -2.27. The molecule has 28 heavy (non-hydrogen) atoms. The van der Waals surface area contributed by atoms with E-state index in [0.29, 0.717) is 22.8 Å². The number of hydrogen-bond donors (Lipinski definition) is 1. The summed E-state index contributed by atoms with van der Waals surface area (Å²) >= 11 is 0. The van der Waals surface area contributed by atoms with E-state index in [1.807, 2.05) is 26.0 Å². The molecule has 2 fully saturated rings. The molecule has 0 unspecified atom stereocenters. The van der Waals surface area contributed by atoms with E-state index in [-0.39, 0.29) is 30.1 Å². The summed E-state index contributed by atoms with van der Waals surface area (Å²) < 4.78 is 31.1. The predicted octanol–water partition coefficient (Wildman–Crippen LogP) is 2.89. The van der Waals surface area contributed by atoms with Gasteiger partial charge >= 0.3 is 0 Å². The van der Waals surface area contributed by atoms with E-state index in [1.54, 1.807) is 4.68 Å². The van der Waals surface area contributed by atoms with Gasteiger partial charge in [0.2, 0.25) is 0 Å². The zero-order chi connectivity index (χ0) is 20.1. The zero-order valence-electron chi connectivity index (χ0n) is 16.0. The number of ether oxygens (including phenoxy) is 1. The third-order valence-electron chi connectivity index (χ3n) is 5.70. The second-order valence-electron chi connectivity index (χ2n) is 7.77. The Bertz CT molecular complexity index is 1040. The monoisotopic (exact) mass is 401 g/mol. The normalized spacial score (nSPS) is 18.9. The van der Waals surface area contributed by atoms with Gasteiger partial charge in [-0.1, -0.05) is 6.42 Å². The molecule has 8 heteroatoms. The lowest BCUT2D eigenvalue weighted by molar-refractivity contribution is 0.258. The molecule has 1 saturated carbocycles. The molecule has 0 bridgehead atoms. The van der Waals surface area contributed by atoms with E-state index in [4.69, 9.17) is 4.74 Å². The van der Waals surface area contributed by atoms with Crippen LogP contribution in [0.4, 0.5) is 0 Å². The molecule has 1 saturated heterocycles. The fourth-order valence-corrected chi connectivity index (χ4v) is 5.29. The number of hydrogen-bond acceptors (Lipinski definition) is 6. The van der Waals surface area contributed by atoms with Crippen molar-refractivity contribution in [2.45, 2.75) is 51.7 Å². The molecule has 0 spiro atoms. The fraction of sp³-hybridized carbons (Fsp3) is 0.500. The van der Waals surface area contributed by atoms with Crippen molar-refractivity contribution < 1.29 is 18.3 Å². The van der Waals surface area contributed by atoms with Gasteiger partial charge in [0.15, 0.2) is 15.6 Å². The minimum Gasteiger partial charge on any atom is -0.453 e. The van der Waals surface area contributed by atoms with E-state index in [0.717, 1.165) is 36.1 Å². The van der Waals surface area contributed by atoms with Crippen molar-refractivity contribution in [2.24, 2.45) is 0 Å². The molecule has 2 aromatic rings. The number of aliphatic hydroxyl groups is 1. The highest BCUT2D eigenvalue weighted by Crippen LogP contribution is 2.44. The lowest BCUT2D eigenvalue weighted by Crippen LogP contribution is -2.39. The molecule has 2 heterocycles. The van der Waals surface area contributed by atoms with Gasteiger partial charge < -0.3 is 9.84 Å². The number of sulfone groups is 1. The molecule has 0 radical (unpaired) electrons. The Balaban J connectivity index is 1.75. The summed E-state index contributed by atoms with van der Waals surface area (Å²) in [5, 5.41) is 24.0. The molecule has 1 aromatic heterocycles. The first-order valence-corrected chi connectivity index (χ1v) is 11.3.